The molecule has 0 rings (SSSR count). The van der Waals surface area contributed by atoms with Gasteiger partial charge >= 0.3 is 0 Å². The van der Waals surface area contributed by atoms with Gasteiger partial charge in [0.05, 0.1) is 61.0 Å². The topological polar surface area (TPSA) is 284 Å². The molecule has 0 saturated heterocycles. The minimum atomic E-state index is -1.10. The molecule has 0 spiro atoms. The molecule has 0 bridgehead atoms. The molecule has 0 aliphatic carbocycles. The normalized spacial score (nSPS) is 19.3. The van der Waals surface area contributed by atoms with Gasteiger partial charge in [-0.25, -0.2) is 0 Å². The van der Waals surface area contributed by atoms with Crippen molar-refractivity contribution < 1.29 is 55.9 Å². The average Bonchev–Trinajstić information content (AvgIpc) is 3.00. The van der Waals surface area contributed by atoms with Crippen LogP contribution in [0.25, 0.3) is 0 Å². The van der Waals surface area contributed by atoms with Crippen molar-refractivity contribution in [3.8, 4) is 0 Å². The third-order valence-electron chi connectivity index (χ3n) is 8.05. The van der Waals surface area contributed by atoms with Crippen molar-refractivity contribution in [2.24, 2.45) is 22.4 Å². The predicted octanol–water partition coefficient (Wildman–Crippen LogP) is -0.0001000. The number of aliphatic imine (C=N–C) groups is 1. The number of rotatable bonds is 29. The summed E-state index contributed by atoms with van der Waals surface area (Å²) < 4.78 is 0. The SMILES string of the molecule is C/C=C/CC(O)C(C)C(=O)CC(O)CC(O)/C=C/CC(O)CC(O)CC(O)/C=C/CC(O)CC(O)/C=C/CC(O)CC(O)CCCN=C(N)N. The first-order valence-corrected chi connectivity index (χ1v) is 17.5. The molecule has 0 heterocycles. The fraction of sp³-hybridized carbons (Fsp3) is 0.722. The number of aliphatic hydroxyl groups excluding tert-OH is 10. The molecule has 0 amide bonds. The van der Waals surface area contributed by atoms with E-state index in [1.165, 1.54) is 30.4 Å². The van der Waals surface area contributed by atoms with Crippen LogP contribution in [0.1, 0.15) is 90.9 Å². The number of aliphatic hydroxyl groups is 10. The Hall–Kier alpha value is -2.50. The molecule has 14 nitrogen and oxygen atoms in total. The van der Waals surface area contributed by atoms with E-state index in [9.17, 15) is 55.9 Å². The van der Waals surface area contributed by atoms with E-state index in [1.54, 1.807) is 25.2 Å². The van der Waals surface area contributed by atoms with Gasteiger partial charge < -0.3 is 62.5 Å². The third-order valence-corrected chi connectivity index (χ3v) is 8.05. The summed E-state index contributed by atoms with van der Waals surface area (Å²) in [6, 6.07) is 0. The molecule has 0 aromatic rings. The largest absolute Gasteiger partial charge is 0.393 e. The van der Waals surface area contributed by atoms with Crippen LogP contribution < -0.4 is 11.5 Å². The van der Waals surface area contributed by atoms with Gasteiger partial charge in [-0.2, -0.15) is 0 Å². The quantitative estimate of drug-likeness (QED) is 0.0211. The molecular weight excluding hydrogens is 650 g/mol. The highest BCUT2D eigenvalue weighted by atomic mass is 16.3. The number of carbonyl (C=O) groups is 1. The molecule has 0 radical (unpaired) electrons. The minimum Gasteiger partial charge on any atom is -0.393 e. The van der Waals surface area contributed by atoms with Crippen molar-refractivity contribution in [3.05, 3.63) is 48.6 Å². The highest BCUT2D eigenvalue weighted by Crippen LogP contribution is 2.16. The standard InChI is InChI=1S/C36H65N3O11/c1-3-4-16-34(49)24(2)35(50)23-33(48)22-30(45)14-7-13-29(44)21-32(47)20-28(43)12-6-11-26(41)18-25(40)9-5-10-27(42)19-31(46)15-8-17-39-36(37)38/h3-7,9,12,14,24-34,40-49H,8,10-11,13,15-23H2,1-2H3,(H4,37,38,39)/b4-3+,9-5+,12-6+,14-7+. The fourth-order valence-corrected chi connectivity index (χ4v) is 5.11. The molecule has 11 atom stereocenters. The third kappa shape index (κ3) is 26.3. The summed E-state index contributed by atoms with van der Waals surface area (Å²) in [7, 11) is 0. The van der Waals surface area contributed by atoms with Crippen LogP contribution in [0.15, 0.2) is 53.6 Å². The van der Waals surface area contributed by atoms with Gasteiger partial charge in [-0.05, 0) is 58.3 Å². The first kappa shape index (κ1) is 47.5. The summed E-state index contributed by atoms with van der Waals surface area (Å²) in [6.45, 7) is 3.80. The van der Waals surface area contributed by atoms with Gasteiger partial charge in [0.25, 0.3) is 0 Å². The Morgan fingerprint density at radius 3 is 1.52 bits per heavy atom. The highest BCUT2D eigenvalue weighted by molar-refractivity contribution is 5.81. The molecule has 0 saturated carbocycles. The van der Waals surface area contributed by atoms with Gasteiger partial charge in [-0.15, -0.1) is 0 Å². The molecule has 50 heavy (non-hydrogen) atoms. The van der Waals surface area contributed by atoms with Crippen LogP contribution in [-0.2, 0) is 4.79 Å². The minimum absolute atomic E-state index is 0.0145. The lowest BCUT2D eigenvalue weighted by molar-refractivity contribution is -0.127. The van der Waals surface area contributed by atoms with E-state index >= 15 is 0 Å². The lowest BCUT2D eigenvalue weighted by atomic mass is 9.92. The number of ketones is 1. The molecule has 0 aromatic heterocycles. The molecule has 14 heteroatoms. The molecule has 0 aliphatic rings. The smallest absolute Gasteiger partial charge is 0.185 e. The second kappa shape index (κ2) is 28.1. The Kier molecular flexibility index (Phi) is 26.7. The average molecular weight is 716 g/mol. The van der Waals surface area contributed by atoms with Crippen molar-refractivity contribution >= 4 is 11.7 Å². The zero-order chi connectivity index (χ0) is 38.1. The maximum absolute atomic E-state index is 12.3. The number of hydrogen-bond acceptors (Lipinski definition) is 12. The summed E-state index contributed by atoms with van der Waals surface area (Å²) in [5.41, 5.74) is 10.5. The maximum Gasteiger partial charge on any atom is 0.185 e. The van der Waals surface area contributed by atoms with Gasteiger partial charge in [0.2, 0.25) is 0 Å². The van der Waals surface area contributed by atoms with Crippen molar-refractivity contribution in [2.45, 2.75) is 152 Å². The zero-order valence-electron chi connectivity index (χ0n) is 29.6. The summed E-state index contributed by atoms with van der Waals surface area (Å²) >= 11 is 0. The lowest BCUT2D eigenvalue weighted by Gasteiger charge is -2.19. The van der Waals surface area contributed by atoms with Gasteiger partial charge in [-0.1, -0.05) is 55.5 Å². The first-order chi connectivity index (χ1) is 23.5. The van der Waals surface area contributed by atoms with E-state index in [4.69, 9.17) is 11.5 Å². The second-order valence-corrected chi connectivity index (χ2v) is 13.1. The van der Waals surface area contributed by atoms with Crippen LogP contribution in [-0.4, -0.2) is 130 Å². The van der Waals surface area contributed by atoms with Gasteiger partial charge in [-0.3, -0.25) is 9.79 Å². The monoisotopic (exact) mass is 715 g/mol. The summed E-state index contributed by atoms with van der Waals surface area (Å²) in [5, 5.41) is 101. The highest BCUT2D eigenvalue weighted by Gasteiger charge is 2.24. The Labute approximate surface area is 296 Å². The van der Waals surface area contributed by atoms with E-state index in [-0.39, 0.29) is 69.5 Å². The zero-order valence-corrected chi connectivity index (χ0v) is 29.6. The lowest BCUT2D eigenvalue weighted by Crippen LogP contribution is -2.29. The Morgan fingerprint density at radius 2 is 1.04 bits per heavy atom. The van der Waals surface area contributed by atoms with Crippen LogP contribution in [0.2, 0.25) is 0 Å². The van der Waals surface area contributed by atoms with Crippen molar-refractivity contribution in [2.75, 3.05) is 6.54 Å². The number of nitrogens with zero attached hydrogens (tertiary/aromatic N) is 1. The summed E-state index contributed by atoms with van der Waals surface area (Å²) in [6.07, 6.45) is 4.62. The van der Waals surface area contributed by atoms with Crippen molar-refractivity contribution in [3.63, 3.8) is 0 Å². The van der Waals surface area contributed by atoms with Crippen LogP contribution in [0, 0.1) is 5.92 Å². The van der Waals surface area contributed by atoms with E-state index in [0.717, 1.165) is 0 Å². The Balaban J connectivity index is 4.32. The molecule has 0 fully saturated rings. The van der Waals surface area contributed by atoms with Crippen LogP contribution in [0.4, 0.5) is 0 Å². The molecule has 14 N–H and O–H groups in total. The number of guanidine groups is 1. The van der Waals surface area contributed by atoms with Gasteiger partial charge in [0.15, 0.2) is 5.96 Å². The fourth-order valence-electron chi connectivity index (χ4n) is 5.11. The van der Waals surface area contributed by atoms with Crippen LogP contribution in [0.5, 0.6) is 0 Å². The molecule has 0 aromatic carbocycles. The van der Waals surface area contributed by atoms with Crippen LogP contribution in [0.3, 0.4) is 0 Å². The Bertz CT molecular complexity index is 1030. The number of carbonyl (C=O) groups excluding carboxylic acids is 1. The maximum atomic E-state index is 12.3. The molecule has 290 valence electrons. The van der Waals surface area contributed by atoms with Gasteiger partial charge in [0.1, 0.15) is 5.78 Å². The van der Waals surface area contributed by atoms with E-state index in [0.29, 0.717) is 25.8 Å². The number of Topliss-reactive ketones (excluding diaryl/α,β-unsaturated/α-hetero) is 1. The predicted molar refractivity (Wildman–Crippen MR) is 193 cm³/mol. The van der Waals surface area contributed by atoms with Crippen molar-refractivity contribution in [1.29, 1.82) is 0 Å². The molecular formula is C36H65N3O11. The van der Waals surface area contributed by atoms with E-state index < -0.39 is 67.0 Å². The second-order valence-electron chi connectivity index (χ2n) is 13.1. The number of nitrogens with two attached hydrogens (primary N) is 2. The number of allylic oxidation sites excluding steroid dienone is 1. The number of hydrogen-bond donors (Lipinski definition) is 12. The van der Waals surface area contributed by atoms with Crippen molar-refractivity contribution in [1.82, 2.24) is 0 Å². The summed E-state index contributed by atoms with van der Waals surface area (Å²) in [4.78, 5) is 16.1. The Morgan fingerprint density at radius 1 is 0.600 bits per heavy atom. The van der Waals surface area contributed by atoms with Gasteiger partial charge in [0, 0.05) is 38.1 Å². The molecule has 0 aliphatic heterocycles. The van der Waals surface area contributed by atoms with E-state index in [1.807, 2.05) is 6.92 Å². The first-order valence-electron chi connectivity index (χ1n) is 17.5. The summed E-state index contributed by atoms with van der Waals surface area (Å²) in [5.74, 6) is -0.965. The molecule has 11 unspecified atom stereocenters. The van der Waals surface area contributed by atoms with E-state index in [2.05, 4.69) is 4.99 Å². The van der Waals surface area contributed by atoms with Crippen LogP contribution >= 0.6 is 0 Å².